The van der Waals surface area contributed by atoms with Gasteiger partial charge in [-0.3, -0.25) is 4.72 Å². The molecule has 0 radical (unpaired) electrons. The Morgan fingerprint density at radius 2 is 2.25 bits per heavy atom. The van der Waals surface area contributed by atoms with Crippen molar-refractivity contribution in [3.8, 4) is 5.75 Å². The highest BCUT2D eigenvalue weighted by molar-refractivity contribution is 7.94. The van der Waals surface area contributed by atoms with Gasteiger partial charge in [0.25, 0.3) is 10.0 Å². The topological polar surface area (TPSA) is 73.2 Å². The molecule has 1 N–H and O–H groups in total. The van der Waals surface area contributed by atoms with Gasteiger partial charge in [0.1, 0.15) is 11.6 Å². The van der Waals surface area contributed by atoms with E-state index >= 15 is 0 Å². The Balaban J connectivity index is 2.32. The van der Waals surface area contributed by atoms with E-state index in [2.05, 4.69) is 9.82 Å². The molecule has 1 unspecified atom stereocenters. The van der Waals surface area contributed by atoms with Crippen LogP contribution in [-0.4, -0.2) is 25.3 Å². The summed E-state index contributed by atoms with van der Waals surface area (Å²) in [6, 6.07) is 3.39. The summed E-state index contributed by atoms with van der Waals surface area (Å²) in [4.78, 5) is 0. The van der Waals surface area contributed by atoms with Gasteiger partial charge in [-0.15, -0.1) is 11.3 Å². The average Bonchev–Trinajstić information content (AvgIpc) is 3.05. The third-order valence-electron chi connectivity index (χ3n) is 2.98. The summed E-state index contributed by atoms with van der Waals surface area (Å²) in [6.07, 6.45) is 2.44. The second kappa shape index (κ2) is 5.84. The number of nitrogens with zero attached hydrogens (tertiary/aromatic N) is 2. The minimum Gasteiger partial charge on any atom is -0.494 e. The van der Waals surface area contributed by atoms with E-state index in [1.54, 1.807) is 28.4 Å². The van der Waals surface area contributed by atoms with Crippen molar-refractivity contribution in [3.63, 3.8) is 0 Å². The summed E-state index contributed by atoms with van der Waals surface area (Å²) in [5, 5.41) is 5.84. The number of hydrogen-bond acceptors (Lipinski definition) is 5. The van der Waals surface area contributed by atoms with Crippen LogP contribution in [0.5, 0.6) is 5.75 Å². The third kappa shape index (κ3) is 2.80. The molecule has 20 heavy (non-hydrogen) atoms. The van der Waals surface area contributed by atoms with E-state index in [1.807, 2.05) is 13.8 Å². The highest BCUT2D eigenvalue weighted by Crippen LogP contribution is 2.31. The molecule has 2 aromatic heterocycles. The lowest BCUT2D eigenvalue weighted by Gasteiger charge is -2.14. The minimum absolute atomic E-state index is 0.118. The first-order valence-corrected chi connectivity index (χ1v) is 8.53. The van der Waals surface area contributed by atoms with Crippen LogP contribution in [0.3, 0.4) is 0 Å². The molecule has 2 aromatic rings. The van der Waals surface area contributed by atoms with Gasteiger partial charge in [0.05, 0.1) is 19.3 Å². The lowest BCUT2D eigenvalue weighted by Crippen LogP contribution is -2.17. The maximum atomic E-state index is 12.4. The predicted octanol–water partition coefficient (Wildman–Crippen LogP) is 2.73. The molecule has 0 spiro atoms. The van der Waals surface area contributed by atoms with Gasteiger partial charge in [0.15, 0.2) is 4.21 Å². The average molecular weight is 315 g/mol. The Morgan fingerprint density at radius 1 is 1.50 bits per heavy atom. The molecule has 0 aliphatic carbocycles. The maximum absolute atomic E-state index is 12.4. The van der Waals surface area contributed by atoms with E-state index in [-0.39, 0.29) is 10.3 Å². The molecular formula is C12H17N3O3S2. The Morgan fingerprint density at radius 3 is 2.90 bits per heavy atom. The van der Waals surface area contributed by atoms with Crippen LogP contribution in [0.1, 0.15) is 26.3 Å². The lowest BCUT2D eigenvalue weighted by atomic mass is 10.3. The zero-order valence-electron chi connectivity index (χ0n) is 11.5. The van der Waals surface area contributed by atoms with Crippen molar-refractivity contribution in [2.24, 2.45) is 0 Å². The van der Waals surface area contributed by atoms with Crippen LogP contribution in [-0.2, 0) is 10.0 Å². The van der Waals surface area contributed by atoms with Crippen LogP contribution >= 0.6 is 11.3 Å². The molecule has 1 atom stereocenters. The summed E-state index contributed by atoms with van der Waals surface area (Å²) in [7, 11) is -2.22. The molecule has 0 bridgehead atoms. The lowest BCUT2D eigenvalue weighted by molar-refractivity contribution is 0.406. The van der Waals surface area contributed by atoms with Gasteiger partial charge in [-0.2, -0.15) is 5.10 Å². The van der Waals surface area contributed by atoms with Crippen molar-refractivity contribution in [2.75, 3.05) is 11.8 Å². The second-order valence-corrected chi connectivity index (χ2v) is 7.09. The summed E-state index contributed by atoms with van der Waals surface area (Å²) >= 11 is 1.12. The van der Waals surface area contributed by atoms with Gasteiger partial charge in [-0.05, 0) is 24.8 Å². The second-order valence-electron chi connectivity index (χ2n) is 4.30. The number of hydrogen-bond donors (Lipinski definition) is 1. The first kappa shape index (κ1) is 14.9. The van der Waals surface area contributed by atoms with Crippen LogP contribution in [0, 0.1) is 0 Å². The van der Waals surface area contributed by atoms with Gasteiger partial charge < -0.3 is 4.74 Å². The van der Waals surface area contributed by atoms with E-state index in [4.69, 9.17) is 4.74 Å². The zero-order chi connectivity index (χ0) is 14.8. The first-order valence-electron chi connectivity index (χ1n) is 6.17. The minimum atomic E-state index is -3.66. The maximum Gasteiger partial charge on any atom is 0.276 e. The number of anilines is 1. The highest BCUT2D eigenvalue weighted by atomic mass is 32.2. The van der Waals surface area contributed by atoms with Gasteiger partial charge >= 0.3 is 0 Å². The van der Waals surface area contributed by atoms with Gasteiger partial charge in [0, 0.05) is 6.07 Å². The summed E-state index contributed by atoms with van der Waals surface area (Å²) in [5.74, 6) is 0.798. The van der Waals surface area contributed by atoms with Gasteiger partial charge in [0.2, 0.25) is 0 Å². The molecular weight excluding hydrogens is 298 g/mol. The molecule has 0 aliphatic heterocycles. The molecule has 8 heteroatoms. The molecule has 0 fully saturated rings. The molecule has 2 rings (SSSR count). The van der Waals surface area contributed by atoms with E-state index in [9.17, 15) is 8.42 Å². The largest absolute Gasteiger partial charge is 0.494 e. The molecule has 0 saturated carbocycles. The molecule has 0 aliphatic rings. The number of aromatic nitrogens is 2. The number of methoxy groups -OCH3 is 1. The van der Waals surface area contributed by atoms with Crippen molar-refractivity contribution >= 4 is 27.2 Å². The molecule has 6 nitrogen and oxygen atoms in total. The Hall–Kier alpha value is -1.54. The van der Waals surface area contributed by atoms with Gasteiger partial charge in [-0.1, -0.05) is 6.92 Å². The van der Waals surface area contributed by atoms with Crippen molar-refractivity contribution in [2.45, 2.75) is 30.5 Å². The van der Waals surface area contributed by atoms with Crippen LogP contribution in [0.2, 0.25) is 0 Å². The fourth-order valence-electron chi connectivity index (χ4n) is 1.73. The Kier molecular flexibility index (Phi) is 4.34. The van der Waals surface area contributed by atoms with Crippen LogP contribution in [0.25, 0.3) is 0 Å². The van der Waals surface area contributed by atoms with Crippen LogP contribution in [0.4, 0.5) is 5.82 Å². The number of sulfonamides is 1. The Labute approximate surface area is 122 Å². The van der Waals surface area contributed by atoms with Crippen LogP contribution < -0.4 is 9.46 Å². The number of ether oxygens (including phenoxy) is 1. The fraction of sp³-hybridized carbons (Fsp3) is 0.417. The SMILES string of the molecule is CCC(C)n1nccc1NS(=O)(=O)c1sccc1OC. The zero-order valence-corrected chi connectivity index (χ0v) is 13.2. The predicted molar refractivity (Wildman–Crippen MR) is 78.9 cm³/mol. The Bertz CT molecular complexity index is 676. The summed E-state index contributed by atoms with van der Waals surface area (Å²) in [6.45, 7) is 4.00. The quantitative estimate of drug-likeness (QED) is 0.889. The number of nitrogens with one attached hydrogen (secondary N) is 1. The van der Waals surface area contributed by atoms with E-state index in [0.29, 0.717) is 11.6 Å². The number of rotatable bonds is 6. The van der Waals surface area contributed by atoms with E-state index in [1.165, 1.54) is 7.11 Å². The molecule has 2 heterocycles. The van der Waals surface area contributed by atoms with Crippen molar-refractivity contribution < 1.29 is 13.2 Å². The van der Waals surface area contributed by atoms with Crippen molar-refractivity contribution in [1.82, 2.24) is 9.78 Å². The molecule has 0 amide bonds. The first-order chi connectivity index (χ1) is 9.49. The normalized spacial score (nSPS) is 13.2. The van der Waals surface area contributed by atoms with Crippen LogP contribution in [0.15, 0.2) is 27.9 Å². The standard InChI is InChI=1S/C12H17N3O3S2/c1-4-9(2)15-11(5-7-13-15)14-20(16,17)12-10(18-3)6-8-19-12/h5-9,14H,4H2,1-3H3. The van der Waals surface area contributed by atoms with Crippen molar-refractivity contribution in [3.05, 3.63) is 23.7 Å². The fourth-order valence-corrected chi connectivity index (χ4v) is 4.06. The molecule has 110 valence electrons. The molecule has 0 aromatic carbocycles. The summed E-state index contributed by atoms with van der Waals surface area (Å²) in [5.41, 5.74) is 0. The number of thiophene rings is 1. The van der Waals surface area contributed by atoms with Gasteiger partial charge in [-0.25, -0.2) is 13.1 Å². The summed E-state index contributed by atoms with van der Waals surface area (Å²) < 4.78 is 34.2. The molecule has 0 saturated heterocycles. The van der Waals surface area contributed by atoms with Crippen molar-refractivity contribution in [1.29, 1.82) is 0 Å². The highest BCUT2D eigenvalue weighted by Gasteiger charge is 2.23. The smallest absolute Gasteiger partial charge is 0.276 e. The third-order valence-corrected chi connectivity index (χ3v) is 5.78. The monoisotopic (exact) mass is 315 g/mol. The van der Waals surface area contributed by atoms with E-state index < -0.39 is 10.0 Å². The van der Waals surface area contributed by atoms with E-state index in [0.717, 1.165) is 17.8 Å².